The van der Waals surface area contributed by atoms with E-state index in [4.69, 9.17) is 14.9 Å². The molecule has 2 aromatic heterocycles. The highest BCUT2D eigenvalue weighted by molar-refractivity contribution is 5.55. The summed E-state index contributed by atoms with van der Waals surface area (Å²) in [7, 11) is 0. The van der Waals surface area contributed by atoms with Crippen LogP contribution in [0.1, 0.15) is 17.7 Å². The van der Waals surface area contributed by atoms with Gasteiger partial charge in [-0.25, -0.2) is 4.68 Å². The van der Waals surface area contributed by atoms with Crippen molar-refractivity contribution in [3.8, 4) is 17.2 Å². The molecule has 0 atom stereocenters. The summed E-state index contributed by atoms with van der Waals surface area (Å²) >= 11 is 0. The van der Waals surface area contributed by atoms with Gasteiger partial charge in [-0.05, 0) is 31.2 Å². The number of aromatic nitrogens is 3. The lowest BCUT2D eigenvalue weighted by Crippen LogP contribution is -2.08. The van der Waals surface area contributed by atoms with E-state index in [9.17, 15) is 0 Å². The SMILES string of the molecule is Cc1ccc(OCCCn2nnc(CN)c2-c2ccco2)cc1. The molecule has 120 valence electrons. The van der Waals surface area contributed by atoms with Crippen molar-refractivity contribution in [1.82, 2.24) is 15.0 Å². The predicted molar refractivity (Wildman–Crippen MR) is 86.9 cm³/mol. The Bertz CT molecular complexity index is 733. The van der Waals surface area contributed by atoms with Crippen molar-refractivity contribution < 1.29 is 9.15 Å². The molecule has 6 nitrogen and oxygen atoms in total. The topological polar surface area (TPSA) is 79.1 Å². The van der Waals surface area contributed by atoms with E-state index < -0.39 is 0 Å². The third-order valence-corrected chi connectivity index (χ3v) is 3.56. The molecule has 3 aromatic rings. The second-order valence-electron chi connectivity index (χ2n) is 5.30. The first kappa shape index (κ1) is 15.3. The standard InChI is InChI=1S/C17H20N4O2/c1-13-5-7-14(8-6-13)22-11-3-9-21-17(15(12-18)19-20-21)16-4-2-10-23-16/h2,4-8,10H,3,9,11-12,18H2,1H3. The van der Waals surface area contributed by atoms with Gasteiger partial charge in [0, 0.05) is 19.5 Å². The average molecular weight is 312 g/mol. The van der Waals surface area contributed by atoms with Gasteiger partial charge in [-0.3, -0.25) is 0 Å². The Morgan fingerprint density at radius 3 is 2.74 bits per heavy atom. The van der Waals surface area contributed by atoms with E-state index in [1.165, 1.54) is 5.56 Å². The summed E-state index contributed by atoms with van der Waals surface area (Å²) in [5.74, 6) is 1.61. The maximum atomic E-state index is 5.74. The summed E-state index contributed by atoms with van der Waals surface area (Å²) in [4.78, 5) is 0. The lowest BCUT2D eigenvalue weighted by Gasteiger charge is -2.08. The van der Waals surface area contributed by atoms with Crippen LogP contribution in [0.3, 0.4) is 0 Å². The lowest BCUT2D eigenvalue weighted by molar-refractivity contribution is 0.298. The molecule has 2 N–H and O–H groups in total. The maximum absolute atomic E-state index is 5.74. The van der Waals surface area contributed by atoms with E-state index in [1.807, 2.05) is 41.1 Å². The Labute approximate surface area is 134 Å². The normalized spacial score (nSPS) is 10.9. The molecule has 0 spiro atoms. The predicted octanol–water partition coefficient (Wildman–Crippen LogP) is 2.77. The Kier molecular flexibility index (Phi) is 4.73. The molecule has 0 saturated carbocycles. The van der Waals surface area contributed by atoms with Crippen LogP contribution in [-0.4, -0.2) is 21.6 Å². The zero-order valence-corrected chi connectivity index (χ0v) is 13.1. The first-order valence-electron chi connectivity index (χ1n) is 7.63. The number of furan rings is 1. The lowest BCUT2D eigenvalue weighted by atomic mass is 10.2. The van der Waals surface area contributed by atoms with Crippen LogP contribution >= 0.6 is 0 Å². The monoisotopic (exact) mass is 312 g/mol. The molecule has 23 heavy (non-hydrogen) atoms. The fourth-order valence-corrected chi connectivity index (χ4v) is 2.36. The molecule has 0 saturated heterocycles. The summed E-state index contributed by atoms with van der Waals surface area (Å²) in [6.07, 6.45) is 2.45. The first-order valence-corrected chi connectivity index (χ1v) is 7.63. The molecule has 0 aliphatic rings. The molecule has 0 radical (unpaired) electrons. The van der Waals surface area contributed by atoms with Gasteiger partial charge < -0.3 is 14.9 Å². The summed E-state index contributed by atoms with van der Waals surface area (Å²) in [6.45, 7) is 3.68. The van der Waals surface area contributed by atoms with E-state index in [1.54, 1.807) is 6.26 Å². The summed E-state index contributed by atoms with van der Waals surface area (Å²) in [5.41, 5.74) is 8.53. The maximum Gasteiger partial charge on any atom is 0.153 e. The largest absolute Gasteiger partial charge is 0.494 e. The van der Waals surface area contributed by atoms with Crippen molar-refractivity contribution >= 4 is 0 Å². The van der Waals surface area contributed by atoms with E-state index in [0.717, 1.165) is 29.3 Å². The van der Waals surface area contributed by atoms with Crippen LogP contribution in [0.2, 0.25) is 0 Å². The molecule has 0 fully saturated rings. The van der Waals surface area contributed by atoms with Gasteiger partial charge in [0.25, 0.3) is 0 Å². The van der Waals surface area contributed by atoms with Crippen LogP contribution in [0, 0.1) is 6.92 Å². The highest BCUT2D eigenvalue weighted by atomic mass is 16.5. The Hall–Kier alpha value is -2.60. The molecule has 0 amide bonds. The van der Waals surface area contributed by atoms with E-state index >= 15 is 0 Å². The van der Waals surface area contributed by atoms with Crippen LogP contribution in [-0.2, 0) is 13.1 Å². The zero-order chi connectivity index (χ0) is 16.1. The molecular formula is C17H20N4O2. The zero-order valence-electron chi connectivity index (χ0n) is 13.1. The number of hydrogen-bond acceptors (Lipinski definition) is 5. The van der Waals surface area contributed by atoms with Gasteiger partial charge in [-0.15, -0.1) is 5.10 Å². The van der Waals surface area contributed by atoms with Crippen LogP contribution in [0.25, 0.3) is 11.5 Å². The van der Waals surface area contributed by atoms with Gasteiger partial charge in [0.15, 0.2) is 5.76 Å². The highest BCUT2D eigenvalue weighted by Crippen LogP contribution is 2.22. The van der Waals surface area contributed by atoms with Crippen molar-refractivity contribution in [1.29, 1.82) is 0 Å². The van der Waals surface area contributed by atoms with Gasteiger partial charge >= 0.3 is 0 Å². The van der Waals surface area contributed by atoms with Crippen LogP contribution in [0.5, 0.6) is 5.75 Å². The molecule has 6 heteroatoms. The molecule has 3 rings (SSSR count). The molecular weight excluding hydrogens is 292 g/mol. The van der Waals surface area contributed by atoms with Crippen LogP contribution in [0.4, 0.5) is 0 Å². The van der Waals surface area contributed by atoms with Crippen molar-refractivity contribution in [2.24, 2.45) is 5.73 Å². The van der Waals surface area contributed by atoms with Crippen molar-refractivity contribution in [3.63, 3.8) is 0 Å². The Balaban J connectivity index is 1.60. The van der Waals surface area contributed by atoms with E-state index in [0.29, 0.717) is 19.7 Å². The number of nitrogens with two attached hydrogens (primary N) is 1. The van der Waals surface area contributed by atoms with Gasteiger partial charge in [0.05, 0.1) is 12.9 Å². The third kappa shape index (κ3) is 3.60. The molecule has 0 unspecified atom stereocenters. The van der Waals surface area contributed by atoms with Crippen LogP contribution < -0.4 is 10.5 Å². The molecule has 1 aromatic carbocycles. The first-order chi connectivity index (χ1) is 11.3. The molecule has 0 aliphatic heterocycles. The van der Waals surface area contributed by atoms with Crippen LogP contribution in [0.15, 0.2) is 47.1 Å². The fraction of sp³-hybridized carbons (Fsp3) is 0.294. The number of rotatable bonds is 7. The Morgan fingerprint density at radius 2 is 2.04 bits per heavy atom. The van der Waals surface area contributed by atoms with Gasteiger partial charge in [-0.2, -0.15) is 0 Å². The Morgan fingerprint density at radius 1 is 1.22 bits per heavy atom. The van der Waals surface area contributed by atoms with Crippen molar-refractivity contribution in [2.45, 2.75) is 26.4 Å². The van der Waals surface area contributed by atoms with Gasteiger partial charge in [0.1, 0.15) is 17.1 Å². The number of hydrogen-bond donors (Lipinski definition) is 1. The fourth-order valence-electron chi connectivity index (χ4n) is 2.36. The molecule has 0 bridgehead atoms. The number of nitrogens with zero attached hydrogens (tertiary/aromatic N) is 3. The van der Waals surface area contributed by atoms with E-state index in [-0.39, 0.29) is 0 Å². The number of ether oxygens (including phenoxy) is 1. The number of benzene rings is 1. The smallest absolute Gasteiger partial charge is 0.153 e. The number of aryl methyl sites for hydroxylation is 2. The average Bonchev–Trinajstić information content (AvgIpc) is 3.22. The van der Waals surface area contributed by atoms with Gasteiger partial charge in [0.2, 0.25) is 0 Å². The van der Waals surface area contributed by atoms with Crippen molar-refractivity contribution in [3.05, 3.63) is 53.9 Å². The minimum atomic E-state index is 0.329. The molecule has 0 aliphatic carbocycles. The third-order valence-electron chi connectivity index (χ3n) is 3.56. The van der Waals surface area contributed by atoms with E-state index in [2.05, 4.69) is 17.2 Å². The second-order valence-corrected chi connectivity index (χ2v) is 5.30. The minimum Gasteiger partial charge on any atom is -0.494 e. The quantitative estimate of drug-likeness (QED) is 0.679. The van der Waals surface area contributed by atoms with Crippen molar-refractivity contribution in [2.75, 3.05) is 6.61 Å². The second kappa shape index (κ2) is 7.11. The summed E-state index contributed by atoms with van der Waals surface area (Å²) < 4.78 is 13.0. The summed E-state index contributed by atoms with van der Waals surface area (Å²) in [5, 5.41) is 8.29. The minimum absolute atomic E-state index is 0.329. The highest BCUT2D eigenvalue weighted by Gasteiger charge is 2.15. The molecule has 2 heterocycles. The summed E-state index contributed by atoms with van der Waals surface area (Å²) in [6, 6.07) is 11.8. The van der Waals surface area contributed by atoms with Gasteiger partial charge in [-0.1, -0.05) is 22.9 Å².